The van der Waals surface area contributed by atoms with Crippen molar-refractivity contribution in [1.29, 1.82) is 0 Å². The van der Waals surface area contributed by atoms with E-state index in [4.69, 9.17) is 0 Å². The second-order valence-electron chi connectivity index (χ2n) is 4.73. The molecule has 20 heavy (non-hydrogen) atoms. The molecule has 5 heteroatoms. The van der Waals surface area contributed by atoms with E-state index in [0.29, 0.717) is 12.2 Å². The van der Waals surface area contributed by atoms with Gasteiger partial charge in [-0.3, -0.25) is 4.79 Å². The number of benzene rings is 1. The molecule has 2 rings (SSSR count). The van der Waals surface area contributed by atoms with Gasteiger partial charge in [0.25, 0.3) is 5.56 Å². The zero-order chi connectivity index (χ0) is 14.5. The van der Waals surface area contributed by atoms with Gasteiger partial charge in [-0.25, -0.2) is 4.98 Å². The van der Waals surface area contributed by atoms with Crippen LogP contribution in [0.1, 0.15) is 31.9 Å². The first-order chi connectivity index (χ1) is 9.63. The summed E-state index contributed by atoms with van der Waals surface area (Å²) in [6.07, 6.45) is 1.80. The number of nitrogens with zero attached hydrogens (tertiary/aromatic N) is 2. The van der Waals surface area contributed by atoms with Crippen molar-refractivity contribution in [3.05, 3.63) is 40.3 Å². The number of hydrogen-bond donors (Lipinski definition) is 0. The Balaban J connectivity index is 2.51. The summed E-state index contributed by atoms with van der Waals surface area (Å²) < 4.78 is 1.69. The highest BCUT2D eigenvalue weighted by molar-refractivity contribution is 5.74. The first kappa shape index (κ1) is 14.2. The third kappa shape index (κ3) is 3.04. The van der Waals surface area contributed by atoms with Crippen LogP contribution >= 0.6 is 0 Å². The summed E-state index contributed by atoms with van der Waals surface area (Å²) in [6, 6.07) is 7.42. The quantitative estimate of drug-likeness (QED) is 0.783. The maximum absolute atomic E-state index is 12.4. The molecule has 2 aromatic rings. The summed E-state index contributed by atoms with van der Waals surface area (Å²) in [5, 5.41) is 10.6. The van der Waals surface area contributed by atoms with E-state index < -0.39 is 5.97 Å². The summed E-state index contributed by atoms with van der Waals surface area (Å²) in [4.78, 5) is 27.2. The van der Waals surface area contributed by atoms with E-state index in [1.807, 2.05) is 24.3 Å². The van der Waals surface area contributed by atoms with Crippen molar-refractivity contribution >= 4 is 17.0 Å². The van der Waals surface area contributed by atoms with Crippen molar-refractivity contribution in [2.45, 2.75) is 39.2 Å². The Bertz CT molecular complexity index is 676. The van der Waals surface area contributed by atoms with Crippen molar-refractivity contribution in [1.82, 2.24) is 9.55 Å². The number of unbranched alkanes of at least 4 members (excludes halogenated alkanes) is 1. The predicted octanol–water partition coefficient (Wildman–Crippen LogP) is 0.879. The second-order valence-corrected chi connectivity index (χ2v) is 4.73. The molecule has 1 aromatic heterocycles. The standard InChI is InChI=1S/C15H18N2O3/c1-2-3-10-17-13-7-5-4-6-11(13)16-12(15(17)20)8-9-14(18)19/h4-7H,2-3,8-10H2,1H3,(H,18,19)/p-1. The van der Waals surface area contributed by atoms with Gasteiger partial charge in [-0.1, -0.05) is 25.5 Å². The number of aliphatic carboxylic acids is 1. The number of carbonyl (C=O) groups excluding carboxylic acids is 1. The molecule has 1 aromatic carbocycles. The van der Waals surface area contributed by atoms with Gasteiger partial charge in [0.2, 0.25) is 0 Å². The van der Waals surface area contributed by atoms with Crippen molar-refractivity contribution in [2.24, 2.45) is 0 Å². The molecule has 1 heterocycles. The van der Waals surface area contributed by atoms with Crippen LogP contribution in [0.25, 0.3) is 11.0 Å². The molecule has 0 bridgehead atoms. The number of hydrogen-bond acceptors (Lipinski definition) is 4. The predicted molar refractivity (Wildman–Crippen MR) is 74.2 cm³/mol. The fraction of sp³-hybridized carbons (Fsp3) is 0.400. The molecule has 0 aliphatic rings. The van der Waals surface area contributed by atoms with Gasteiger partial charge in [0.15, 0.2) is 0 Å². The minimum Gasteiger partial charge on any atom is -0.550 e. The molecule has 0 aliphatic heterocycles. The van der Waals surface area contributed by atoms with E-state index in [9.17, 15) is 14.7 Å². The van der Waals surface area contributed by atoms with Gasteiger partial charge in [0, 0.05) is 18.9 Å². The number of carboxylic acid groups (broad SMARTS) is 1. The van der Waals surface area contributed by atoms with Crippen LogP contribution in [-0.2, 0) is 17.8 Å². The summed E-state index contributed by atoms with van der Waals surface area (Å²) in [7, 11) is 0. The zero-order valence-corrected chi connectivity index (χ0v) is 11.5. The van der Waals surface area contributed by atoms with Gasteiger partial charge in [-0.05, 0) is 25.0 Å². The monoisotopic (exact) mass is 273 g/mol. The Morgan fingerprint density at radius 1 is 1.35 bits per heavy atom. The number of aromatic nitrogens is 2. The van der Waals surface area contributed by atoms with E-state index >= 15 is 0 Å². The highest BCUT2D eigenvalue weighted by Gasteiger charge is 2.10. The molecule has 0 radical (unpaired) electrons. The van der Waals surface area contributed by atoms with Crippen LogP contribution in [0.3, 0.4) is 0 Å². The largest absolute Gasteiger partial charge is 0.550 e. The third-order valence-corrected chi connectivity index (χ3v) is 3.22. The van der Waals surface area contributed by atoms with Gasteiger partial charge >= 0.3 is 0 Å². The van der Waals surface area contributed by atoms with Gasteiger partial charge in [-0.2, -0.15) is 0 Å². The molecule has 0 unspecified atom stereocenters. The highest BCUT2D eigenvalue weighted by Crippen LogP contribution is 2.11. The molecule has 106 valence electrons. The molecule has 5 nitrogen and oxygen atoms in total. The molecule has 0 N–H and O–H groups in total. The van der Waals surface area contributed by atoms with Crippen molar-refractivity contribution in [2.75, 3.05) is 0 Å². The molecule has 0 fully saturated rings. The summed E-state index contributed by atoms with van der Waals surface area (Å²) in [5.74, 6) is -1.17. The lowest BCUT2D eigenvalue weighted by Gasteiger charge is -2.12. The molecule has 0 saturated carbocycles. The Hall–Kier alpha value is -2.17. The number of para-hydroxylation sites is 2. The smallest absolute Gasteiger partial charge is 0.272 e. The maximum Gasteiger partial charge on any atom is 0.272 e. The average Bonchev–Trinajstić information content (AvgIpc) is 2.44. The summed E-state index contributed by atoms with van der Waals surface area (Å²) in [5.41, 5.74) is 1.61. The highest BCUT2D eigenvalue weighted by atomic mass is 16.4. The Morgan fingerprint density at radius 2 is 2.10 bits per heavy atom. The van der Waals surface area contributed by atoms with E-state index in [1.165, 1.54) is 0 Å². The lowest BCUT2D eigenvalue weighted by molar-refractivity contribution is -0.305. The van der Waals surface area contributed by atoms with Crippen molar-refractivity contribution in [3.63, 3.8) is 0 Å². The summed E-state index contributed by atoms with van der Waals surface area (Å²) >= 11 is 0. The van der Waals surface area contributed by atoms with Crippen molar-refractivity contribution < 1.29 is 9.90 Å². The van der Waals surface area contributed by atoms with E-state index in [0.717, 1.165) is 23.9 Å². The Labute approximate surface area is 116 Å². The number of carboxylic acids is 1. The molecule has 0 amide bonds. The molecule has 0 aliphatic carbocycles. The lowest BCUT2D eigenvalue weighted by Crippen LogP contribution is -2.28. The van der Waals surface area contributed by atoms with Crippen LogP contribution < -0.4 is 10.7 Å². The van der Waals surface area contributed by atoms with Gasteiger partial charge < -0.3 is 14.5 Å². The Kier molecular flexibility index (Phi) is 4.50. The number of carbonyl (C=O) groups is 1. The van der Waals surface area contributed by atoms with Gasteiger partial charge in [0.1, 0.15) is 5.69 Å². The first-order valence-electron chi connectivity index (χ1n) is 6.81. The van der Waals surface area contributed by atoms with Crippen LogP contribution in [0.5, 0.6) is 0 Å². The topological polar surface area (TPSA) is 75.0 Å². The normalized spacial score (nSPS) is 10.8. The van der Waals surface area contributed by atoms with E-state index in [-0.39, 0.29) is 18.4 Å². The first-order valence-corrected chi connectivity index (χ1v) is 6.81. The molecular formula is C15H17N2O3-. The molecule has 0 atom stereocenters. The number of rotatable bonds is 6. The fourth-order valence-corrected chi connectivity index (χ4v) is 2.17. The zero-order valence-electron chi connectivity index (χ0n) is 11.5. The fourth-order valence-electron chi connectivity index (χ4n) is 2.17. The second kappa shape index (κ2) is 6.32. The van der Waals surface area contributed by atoms with Gasteiger partial charge in [-0.15, -0.1) is 0 Å². The minimum atomic E-state index is -1.17. The molecular weight excluding hydrogens is 256 g/mol. The number of fused-ring (bicyclic) bond motifs is 1. The third-order valence-electron chi connectivity index (χ3n) is 3.22. The van der Waals surface area contributed by atoms with Crippen LogP contribution in [0.4, 0.5) is 0 Å². The Morgan fingerprint density at radius 3 is 2.80 bits per heavy atom. The average molecular weight is 273 g/mol. The van der Waals surface area contributed by atoms with Crippen LogP contribution in [-0.4, -0.2) is 15.5 Å². The SMILES string of the molecule is CCCCn1c(=O)c(CCC(=O)[O-])nc2ccccc21. The molecule has 0 spiro atoms. The number of aryl methyl sites for hydroxylation is 2. The molecule has 0 saturated heterocycles. The van der Waals surface area contributed by atoms with Gasteiger partial charge in [0.05, 0.1) is 11.0 Å². The lowest BCUT2D eigenvalue weighted by atomic mass is 10.2. The van der Waals surface area contributed by atoms with Crippen LogP contribution in [0.2, 0.25) is 0 Å². The van der Waals surface area contributed by atoms with Crippen LogP contribution in [0, 0.1) is 0 Å². The van der Waals surface area contributed by atoms with Crippen LogP contribution in [0.15, 0.2) is 29.1 Å². The summed E-state index contributed by atoms with van der Waals surface area (Å²) in [6.45, 7) is 2.68. The van der Waals surface area contributed by atoms with E-state index in [1.54, 1.807) is 4.57 Å². The maximum atomic E-state index is 12.4. The van der Waals surface area contributed by atoms with Crippen molar-refractivity contribution in [3.8, 4) is 0 Å². The minimum absolute atomic E-state index is 0.109. The van der Waals surface area contributed by atoms with E-state index in [2.05, 4.69) is 11.9 Å².